The van der Waals surface area contributed by atoms with Gasteiger partial charge >= 0.3 is 6.18 Å². The Morgan fingerprint density at radius 3 is 2.71 bits per heavy atom. The highest BCUT2D eigenvalue weighted by Gasteiger charge is 2.33. The molecule has 0 atom stereocenters. The number of nitrogens with zero attached hydrogens (tertiary/aromatic N) is 2. The lowest BCUT2D eigenvalue weighted by molar-refractivity contribution is -0.137. The molecule has 1 aliphatic rings. The number of ether oxygens (including phenoxy) is 1. The van der Waals surface area contributed by atoms with Crippen molar-refractivity contribution >= 4 is 46.7 Å². The van der Waals surface area contributed by atoms with Crippen LogP contribution in [0.3, 0.4) is 0 Å². The van der Waals surface area contributed by atoms with Gasteiger partial charge in [0.15, 0.2) is 0 Å². The molecule has 0 saturated carbocycles. The number of aliphatic imine (C=N–C) groups is 1. The molecule has 0 fully saturated rings. The number of carbonyl (C=O) groups excluding carboxylic acids is 1. The van der Waals surface area contributed by atoms with Gasteiger partial charge in [0.1, 0.15) is 23.0 Å². The molecule has 11 heteroatoms. The molecule has 1 aromatic heterocycles. The maximum Gasteiger partial charge on any atom is 0.417 e. The number of aromatic nitrogens is 1. The molecule has 2 heterocycles. The quantitative estimate of drug-likeness (QED) is 0.379. The van der Waals surface area contributed by atoms with Crippen molar-refractivity contribution in [1.82, 2.24) is 10.3 Å². The summed E-state index contributed by atoms with van der Waals surface area (Å²) in [4.78, 5) is 20.9. The van der Waals surface area contributed by atoms with E-state index in [2.05, 4.69) is 20.6 Å². The maximum absolute atomic E-state index is 13.0. The maximum atomic E-state index is 13.0. The van der Waals surface area contributed by atoms with Crippen molar-refractivity contribution in [1.29, 1.82) is 0 Å². The van der Waals surface area contributed by atoms with Crippen LogP contribution in [-0.4, -0.2) is 29.8 Å². The monoisotopic (exact) mass is 520 g/mol. The zero-order valence-electron chi connectivity index (χ0n) is 17.9. The zero-order valence-corrected chi connectivity index (χ0v) is 19.4. The van der Waals surface area contributed by atoms with Gasteiger partial charge in [-0.3, -0.25) is 14.8 Å². The van der Waals surface area contributed by atoms with E-state index in [1.54, 1.807) is 36.5 Å². The first kappa shape index (κ1) is 24.6. The number of nitrogens with one attached hydrogen (secondary N) is 2. The Bertz CT molecular complexity index is 1330. The Kier molecular flexibility index (Phi) is 7.28. The van der Waals surface area contributed by atoms with Gasteiger partial charge in [0, 0.05) is 30.6 Å². The van der Waals surface area contributed by atoms with E-state index < -0.39 is 22.7 Å². The Hall–Kier alpha value is -3.56. The van der Waals surface area contributed by atoms with Crippen molar-refractivity contribution in [3.05, 3.63) is 87.7 Å². The van der Waals surface area contributed by atoms with E-state index >= 15 is 0 Å². The van der Waals surface area contributed by atoms with Gasteiger partial charge in [0.05, 0.1) is 22.2 Å². The Balaban J connectivity index is 1.47. The zero-order chi connectivity index (χ0) is 25.0. The van der Waals surface area contributed by atoms with Crippen LogP contribution in [0.2, 0.25) is 10.0 Å². The molecule has 0 bridgehead atoms. The molecule has 4 rings (SSSR count). The number of rotatable bonds is 6. The van der Waals surface area contributed by atoms with E-state index in [4.69, 9.17) is 27.9 Å². The second kappa shape index (κ2) is 10.4. The molecule has 2 N–H and O–H groups in total. The van der Waals surface area contributed by atoms with E-state index in [1.165, 1.54) is 12.1 Å². The third-order valence-corrected chi connectivity index (χ3v) is 5.56. The average Bonchev–Trinajstić information content (AvgIpc) is 3.36. The molecule has 0 unspecified atom stereocenters. The first-order chi connectivity index (χ1) is 16.7. The summed E-state index contributed by atoms with van der Waals surface area (Å²) in [7, 11) is 0. The van der Waals surface area contributed by atoms with Crippen molar-refractivity contribution in [2.24, 2.45) is 4.99 Å². The second-order valence-corrected chi connectivity index (χ2v) is 8.10. The molecule has 6 nitrogen and oxygen atoms in total. The first-order valence-electron chi connectivity index (χ1n) is 10.3. The van der Waals surface area contributed by atoms with Crippen molar-refractivity contribution in [3.8, 4) is 11.5 Å². The highest BCUT2D eigenvalue weighted by atomic mass is 35.5. The van der Waals surface area contributed by atoms with E-state index in [1.807, 2.05) is 0 Å². The van der Waals surface area contributed by atoms with E-state index in [9.17, 15) is 18.0 Å². The molecule has 3 aromatic rings. The topological polar surface area (TPSA) is 75.6 Å². The standard InChI is InChI=1S/C24H17Cl2F3N4O2/c25-18-6-5-15(12-17(18)24(27,28)29)33-21(34)7-4-14-2-1-3-20(22(14)26)35-16-8-9-30-19(13-16)23-31-10-11-32-23/h1-9,12-13H,10-11H2,(H,31,32)(H,33,34)/b7-4+. The van der Waals surface area contributed by atoms with Gasteiger partial charge in [-0.15, -0.1) is 0 Å². The molecule has 35 heavy (non-hydrogen) atoms. The molecule has 0 radical (unpaired) electrons. The third kappa shape index (κ3) is 6.12. The average molecular weight is 521 g/mol. The Labute approximate surface area is 208 Å². The van der Waals surface area contributed by atoms with Gasteiger partial charge in [0.2, 0.25) is 5.91 Å². The number of amidine groups is 1. The lowest BCUT2D eigenvalue weighted by atomic mass is 10.1. The number of benzene rings is 2. The second-order valence-electron chi connectivity index (χ2n) is 7.31. The minimum absolute atomic E-state index is 0.0468. The molecule has 1 aliphatic heterocycles. The van der Waals surface area contributed by atoms with Crippen LogP contribution < -0.4 is 15.4 Å². The smallest absolute Gasteiger partial charge is 0.417 e. The van der Waals surface area contributed by atoms with Gasteiger partial charge in [-0.1, -0.05) is 35.3 Å². The predicted molar refractivity (Wildman–Crippen MR) is 129 cm³/mol. The van der Waals surface area contributed by atoms with Gasteiger partial charge in [-0.05, 0) is 42.0 Å². The van der Waals surface area contributed by atoms with Gasteiger partial charge in [-0.25, -0.2) is 0 Å². The molecule has 1 amide bonds. The summed E-state index contributed by atoms with van der Waals surface area (Å²) < 4.78 is 45.0. The largest absolute Gasteiger partial charge is 0.456 e. The predicted octanol–water partition coefficient (Wildman–Crippen LogP) is 6.20. The van der Waals surface area contributed by atoms with Gasteiger partial charge < -0.3 is 15.4 Å². The number of carbonyl (C=O) groups is 1. The highest BCUT2D eigenvalue weighted by Crippen LogP contribution is 2.36. The fourth-order valence-corrected chi connectivity index (χ4v) is 3.66. The Morgan fingerprint density at radius 1 is 1.14 bits per heavy atom. The van der Waals surface area contributed by atoms with Crippen LogP contribution >= 0.6 is 23.2 Å². The Morgan fingerprint density at radius 2 is 1.97 bits per heavy atom. The van der Waals surface area contributed by atoms with Gasteiger partial charge in [-0.2, -0.15) is 13.2 Å². The molecule has 180 valence electrons. The molecular formula is C24H17Cl2F3N4O2. The van der Waals surface area contributed by atoms with Crippen LogP contribution in [0.1, 0.15) is 16.8 Å². The number of pyridine rings is 1. The lowest BCUT2D eigenvalue weighted by Crippen LogP contribution is -2.20. The molecular weight excluding hydrogens is 504 g/mol. The summed E-state index contributed by atoms with van der Waals surface area (Å²) in [5.41, 5.74) is 0.0283. The summed E-state index contributed by atoms with van der Waals surface area (Å²) >= 11 is 12.1. The summed E-state index contributed by atoms with van der Waals surface area (Å²) in [6, 6.07) is 11.5. The molecule has 0 spiro atoms. The highest BCUT2D eigenvalue weighted by molar-refractivity contribution is 6.33. The normalized spacial score (nSPS) is 13.5. The van der Waals surface area contributed by atoms with Crippen molar-refractivity contribution in [2.75, 3.05) is 18.4 Å². The van der Waals surface area contributed by atoms with Crippen molar-refractivity contribution in [2.45, 2.75) is 6.18 Å². The fourth-order valence-electron chi connectivity index (χ4n) is 3.21. The number of hydrogen-bond donors (Lipinski definition) is 2. The summed E-state index contributed by atoms with van der Waals surface area (Å²) in [6.45, 7) is 1.43. The fraction of sp³-hybridized carbons (Fsp3) is 0.125. The third-order valence-electron chi connectivity index (χ3n) is 4.82. The molecule has 0 aliphatic carbocycles. The van der Waals surface area contributed by atoms with E-state index in [0.717, 1.165) is 24.8 Å². The van der Waals surface area contributed by atoms with Crippen LogP contribution in [0.4, 0.5) is 18.9 Å². The van der Waals surface area contributed by atoms with Crippen LogP contribution in [0.25, 0.3) is 6.08 Å². The molecule has 2 aromatic carbocycles. The van der Waals surface area contributed by atoms with E-state index in [0.29, 0.717) is 35.1 Å². The SMILES string of the molecule is O=C(/C=C/c1cccc(Oc2ccnc(C3=NCCN3)c2)c1Cl)Nc1ccc(Cl)c(C(F)(F)F)c1. The van der Waals surface area contributed by atoms with Crippen LogP contribution in [0.5, 0.6) is 11.5 Å². The van der Waals surface area contributed by atoms with E-state index in [-0.39, 0.29) is 10.7 Å². The van der Waals surface area contributed by atoms with Crippen LogP contribution in [-0.2, 0) is 11.0 Å². The first-order valence-corrected chi connectivity index (χ1v) is 11.0. The van der Waals surface area contributed by atoms with Crippen LogP contribution in [0, 0.1) is 0 Å². The van der Waals surface area contributed by atoms with Gasteiger partial charge in [0.25, 0.3) is 0 Å². The number of halogens is 5. The number of alkyl halides is 3. The summed E-state index contributed by atoms with van der Waals surface area (Å²) in [5, 5.41) is 5.31. The minimum atomic E-state index is -4.64. The lowest BCUT2D eigenvalue weighted by Gasteiger charge is -2.11. The van der Waals surface area contributed by atoms with Crippen LogP contribution in [0.15, 0.2) is 65.8 Å². The van der Waals surface area contributed by atoms with Crippen molar-refractivity contribution in [3.63, 3.8) is 0 Å². The van der Waals surface area contributed by atoms with Crippen molar-refractivity contribution < 1.29 is 22.7 Å². The number of amides is 1. The summed E-state index contributed by atoms with van der Waals surface area (Å²) in [6.07, 6.45) is -0.462. The summed E-state index contributed by atoms with van der Waals surface area (Å²) in [5.74, 6) is 0.884. The minimum Gasteiger partial charge on any atom is -0.456 e. The number of hydrogen-bond acceptors (Lipinski definition) is 5. The number of anilines is 1. The molecule has 0 saturated heterocycles.